The van der Waals surface area contributed by atoms with Crippen LogP contribution in [0.3, 0.4) is 0 Å². The minimum atomic E-state index is -0.365. The van der Waals surface area contributed by atoms with Crippen molar-refractivity contribution in [2.45, 2.75) is 19.4 Å². The van der Waals surface area contributed by atoms with Crippen molar-refractivity contribution in [3.8, 4) is 5.75 Å². The quantitative estimate of drug-likeness (QED) is 0.824. The van der Waals surface area contributed by atoms with Crippen LogP contribution in [0.4, 0.5) is 15.8 Å². The predicted octanol–water partition coefficient (Wildman–Crippen LogP) is 3.52. The Bertz CT molecular complexity index is 543. The molecule has 0 spiro atoms. The number of ether oxygens (including phenoxy) is 1. The van der Waals surface area contributed by atoms with Gasteiger partial charge >= 0.3 is 0 Å². The number of methoxy groups -OCH3 is 1. The molecular weight excluding hydrogens is 263 g/mol. The molecule has 0 radical (unpaired) electrons. The number of hydrogen-bond donors (Lipinski definition) is 2. The third-order valence-corrected chi connectivity index (χ3v) is 3.71. The molecule has 0 aliphatic rings. The van der Waals surface area contributed by atoms with Crippen molar-refractivity contribution in [1.29, 1.82) is 0 Å². The van der Waals surface area contributed by atoms with Crippen molar-refractivity contribution in [2.24, 2.45) is 0 Å². The molecule has 5 heteroatoms. The summed E-state index contributed by atoms with van der Waals surface area (Å²) < 4.78 is 18.9. The first-order valence-corrected chi connectivity index (χ1v) is 6.90. The largest absolute Gasteiger partial charge is 0.495 e. The van der Waals surface area contributed by atoms with E-state index in [1.54, 1.807) is 17.4 Å². The Morgan fingerprint density at radius 3 is 2.89 bits per heavy atom. The number of thiophene rings is 1. The summed E-state index contributed by atoms with van der Waals surface area (Å²) in [5, 5.41) is 5.18. The molecule has 2 aromatic rings. The molecular formula is C14H17FN2OS. The summed E-state index contributed by atoms with van der Waals surface area (Å²) in [6, 6.07) is 7.08. The third-order valence-electron chi connectivity index (χ3n) is 2.81. The molecule has 0 saturated carbocycles. The normalized spacial score (nSPS) is 12.2. The van der Waals surface area contributed by atoms with Gasteiger partial charge in [0.25, 0.3) is 0 Å². The molecule has 1 aromatic heterocycles. The van der Waals surface area contributed by atoms with Gasteiger partial charge in [-0.3, -0.25) is 0 Å². The molecule has 1 aromatic carbocycles. The standard InChI is InChI=1S/C14H17FN2OS/c1-9(6-10-4-3-5-19-10)17-13-8-14(18-2)12(16)7-11(13)15/h3-5,7-9,17H,6,16H2,1-2H3. The second kappa shape index (κ2) is 5.93. The Labute approximate surface area is 116 Å². The predicted molar refractivity (Wildman–Crippen MR) is 78.5 cm³/mol. The van der Waals surface area contributed by atoms with E-state index in [9.17, 15) is 4.39 Å². The van der Waals surface area contributed by atoms with E-state index in [1.165, 1.54) is 18.1 Å². The number of nitrogens with one attached hydrogen (secondary N) is 1. The summed E-state index contributed by atoms with van der Waals surface area (Å²) in [4.78, 5) is 1.27. The van der Waals surface area contributed by atoms with E-state index in [4.69, 9.17) is 10.5 Å². The van der Waals surface area contributed by atoms with E-state index in [1.807, 2.05) is 18.4 Å². The SMILES string of the molecule is COc1cc(NC(C)Cc2cccs2)c(F)cc1N. The van der Waals surface area contributed by atoms with Crippen LogP contribution >= 0.6 is 11.3 Å². The highest BCUT2D eigenvalue weighted by Gasteiger charge is 2.11. The molecule has 0 fully saturated rings. The van der Waals surface area contributed by atoms with Crippen LogP contribution in [-0.4, -0.2) is 13.2 Å². The highest BCUT2D eigenvalue weighted by molar-refractivity contribution is 7.09. The number of halogens is 1. The Morgan fingerprint density at radius 2 is 2.26 bits per heavy atom. The first-order chi connectivity index (χ1) is 9.10. The molecule has 0 aliphatic heterocycles. The van der Waals surface area contributed by atoms with Crippen molar-refractivity contribution in [2.75, 3.05) is 18.2 Å². The van der Waals surface area contributed by atoms with Crippen molar-refractivity contribution in [3.63, 3.8) is 0 Å². The maximum absolute atomic E-state index is 13.8. The lowest BCUT2D eigenvalue weighted by atomic mass is 10.2. The zero-order chi connectivity index (χ0) is 13.8. The van der Waals surface area contributed by atoms with Gasteiger partial charge in [-0.25, -0.2) is 4.39 Å². The van der Waals surface area contributed by atoms with E-state index >= 15 is 0 Å². The van der Waals surface area contributed by atoms with Crippen LogP contribution in [0.15, 0.2) is 29.6 Å². The minimum absolute atomic E-state index is 0.126. The topological polar surface area (TPSA) is 47.3 Å². The van der Waals surface area contributed by atoms with E-state index < -0.39 is 0 Å². The summed E-state index contributed by atoms with van der Waals surface area (Å²) >= 11 is 1.70. The van der Waals surface area contributed by atoms with Gasteiger partial charge in [-0.2, -0.15) is 0 Å². The first-order valence-electron chi connectivity index (χ1n) is 6.02. The van der Waals surface area contributed by atoms with Gasteiger partial charge in [0.15, 0.2) is 0 Å². The van der Waals surface area contributed by atoms with Crippen LogP contribution in [0.1, 0.15) is 11.8 Å². The minimum Gasteiger partial charge on any atom is -0.495 e. The molecule has 3 N–H and O–H groups in total. The zero-order valence-electron chi connectivity index (χ0n) is 10.9. The van der Waals surface area contributed by atoms with E-state index in [0.29, 0.717) is 17.1 Å². The number of nitrogens with two attached hydrogens (primary N) is 1. The molecule has 19 heavy (non-hydrogen) atoms. The fraction of sp³-hybridized carbons (Fsp3) is 0.286. The van der Waals surface area contributed by atoms with E-state index in [2.05, 4.69) is 11.4 Å². The lowest BCUT2D eigenvalue weighted by Gasteiger charge is -2.16. The van der Waals surface area contributed by atoms with Crippen LogP contribution in [0.5, 0.6) is 5.75 Å². The highest BCUT2D eigenvalue weighted by atomic mass is 32.1. The number of anilines is 2. The summed E-state index contributed by atoms with van der Waals surface area (Å²) in [5.41, 5.74) is 6.36. The van der Waals surface area contributed by atoms with Gasteiger partial charge in [0.05, 0.1) is 18.5 Å². The number of benzene rings is 1. The molecule has 1 heterocycles. The van der Waals surface area contributed by atoms with Crippen LogP contribution in [-0.2, 0) is 6.42 Å². The summed E-state index contributed by atoms with van der Waals surface area (Å²) in [5.74, 6) is 0.114. The van der Waals surface area contributed by atoms with Crippen molar-refractivity contribution >= 4 is 22.7 Å². The molecule has 0 aliphatic carbocycles. The Balaban J connectivity index is 2.09. The Hall–Kier alpha value is -1.75. The summed E-state index contributed by atoms with van der Waals surface area (Å²) in [6.07, 6.45) is 0.851. The van der Waals surface area contributed by atoms with Gasteiger partial charge in [-0.1, -0.05) is 6.07 Å². The molecule has 1 atom stereocenters. The summed E-state index contributed by atoms with van der Waals surface area (Å²) in [7, 11) is 1.52. The molecule has 102 valence electrons. The van der Waals surface area contributed by atoms with E-state index in [0.717, 1.165) is 6.42 Å². The maximum Gasteiger partial charge on any atom is 0.148 e. The first kappa shape index (κ1) is 13.7. The summed E-state index contributed by atoms with van der Waals surface area (Å²) in [6.45, 7) is 2.02. The molecule has 3 nitrogen and oxygen atoms in total. The van der Waals surface area contributed by atoms with Gasteiger partial charge in [-0.05, 0) is 18.4 Å². The molecule has 0 saturated heterocycles. The highest BCUT2D eigenvalue weighted by Crippen LogP contribution is 2.29. The van der Waals surface area contributed by atoms with Crippen LogP contribution < -0.4 is 15.8 Å². The lowest BCUT2D eigenvalue weighted by molar-refractivity contribution is 0.416. The molecule has 0 amide bonds. The fourth-order valence-corrected chi connectivity index (χ4v) is 2.74. The number of rotatable bonds is 5. The van der Waals surface area contributed by atoms with Gasteiger partial charge in [-0.15, -0.1) is 11.3 Å². The zero-order valence-corrected chi connectivity index (χ0v) is 11.8. The lowest BCUT2D eigenvalue weighted by Crippen LogP contribution is -2.18. The number of hydrogen-bond acceptors (Lipinski definition) is 4. The average molecular weight is 280 g/mol. The van der Waals surface area contributed by atoms with Crippen LogP contribution in [0.2, 0.25) is 0 Å². The van der Waals surface area contributed by atoms with Gasteiger partial charge < -0.3 is 15.8 Å². The smallest absolute Gasteiger partial charge is 0.148 e. The van der Waals surface area contributed by atoms with Gasteiger partial charge in [0, 0.05) is 29.5 Å². The van der Waals surface area contributed by atoms with Crippen molar-refractivity contribution < 1.29 is 9.13 Å². The third kappa shape index (κ3) is 3.38. The molecule has 1 unspecified atom stereocenters. The Morgan fingerprint density at radius 1 is 1.47 bits per heavy atom. The van der Waals surface area contributed by atoms with Gasteiger partial charge in [0.2, 0.25) is 0 Å². The fourth-order valence-electron chi connectivity index (χ4n) is 1.90. The maximum atomic E-state index is 13.8. The second-order valence-corrected chi connectivity index (χ2v) is 5.44. The Kier molecular flexibility index (Phi) is 4.27. The average Bonchev–Trinajstić information content (AvgIpc) is 2.85. The second-order valence-electron chi connectivity index (χ2n) is 4.40. The number of nitrogen functional groups attached to an aromatic ring is 1. The van der Waals surface area contributed by atoms with Crippen LogP contribution in [0, 0.1) is 5.82 Å². The van der Waals surface area contributed by atoms with Crippen molar-refractivity contribution in [1.82, 2.24) is 0 Å². The van der Waals surface area contributed by atoms with E-state index in [-0.39, 0.29) is 11.9 Å². The molecule has 2 rings (SSSR count). The van der Waals surface area contributed by atoms with Gasteiger partial charge in [0.1, 0.15) is 11.6 Å². The van der Waals surface area contributed by atoms with Crippen molar-refractivity contribution in [3.05, 3.63) is 40.3 Å². The van der Waals surface area contributed by atoms with Crippen LogP contribution in [0.25, 0.3) is 0 Å². The monoisotopic (exact) mass is 280 g/mol. The molecule has 0 bridgehead atoms.